The summed E-state index contributed by atoms with van der Waals surface area (Å²) in [5.74, 6) is 5.74. The Morgan fingerprint density at radius 1 is 1.17 bits per heavy atom. The lowest BCUT2D eigenvalue weighted by Crippen LogP contribution is -2.13. The van der Waals surface area contributed by atoms with Crippen LogP contribution in [0.5, 0.6) is 0 Å². The van der Waals surface area contributed by atoms with Gasteiger partial charge in [-0.3, -0.25) is 9.48 Å². The molecule has 0 aliphatic heterocycles. The topological polar surface area (TPSA) is 50.7 Å². The zero-order valence-corrected chi connectivity index (χ0v) is 11.9. The first-order valence-electron chi connectivity index (χ1n) is 6.58. The molecule has 7 heteroatoms. The number of aromatic nitrogens is 3. The monoisotopic (exact) mass is 317 g/mol. The predicted molar refractivity (Wildman–Crippen MR) is 78.8 cm³/mol. The van der Waals surface area contributed by atoms with Crippen LogP contribution in [0.25, 0.3) is 10.9 Å². The van der Waals surface area contributed by atoms with E-state index in [0.717, 1.165) is 0 Å². The van der Waals surface area contributed by atoms with Crippen LogP contribution in [-0.4, -0.2) is 14.8 Å². The summed E-state index contributed by atoms with van der Waals surface area (Å²) in [6.45, 7) is 0. The summed E-state index contributed by atoms with van der Waals surface area (Å²) >= 11 is 0. The molecule has 0 radical (unpaired) electrons. The lowest BCUT2D eigenvalue weighted by molar-refractivity contribution is -0.141. The van der Waals surface area contributed by atoms with Crippen LogP contribution >= 0.6 is 0 Å². The summed E-state index contributed by atoms with van der Waals surface area (Å²) in [4.78, 5) is 14.1. The molecule has 116 valence electrons. The molecule has 0 aliphatic carbocycles. The Labute approximate surface area is 128 Å². The van der Waals surface area contributed by atoms with E-state index in [1.807, 2.05) is 0 Å². The predicted octanol–water partition coefficient (Wildman–Crippen LogP) is 2.68. The van der Waals surface area contributed by atoms with Crippen molar-refractivity contribution in [3.63, 3.8) is 0 Å². The van der Waals surface area contributed by atoms with E-state index in [2.05, 4.69) is 21.9 Å². The zero-order chi connectivity index (χ0) is 16.6. The Balaban J connectivity index is 2.05. The SMILES string of the molecule is Cn1cc(C#Cc2ccc3[nH]c(C(F)(F)F)cc(=O)c3c2)cn1. The van der Waals surface area contributed by atoms with Gasteiger partial charge < -0.3 is 4.98 Å². The molecule has 0 amide bonds. The van der Waals surface area contributed by atoms with E-state index in [0.29, 0.717) is 17.2 Å². The summed E-state index contributed by atoms with van der Waals surface area (Å²) in [6, 6.07) is 5.00. The van der Waals surface area contributed by atoms with E-state index in [-0.39, 0.29) is 10.9 Å². The van der Waals surface area contributed by atoms with Crippen LogP contribution in [0, 0.1) is 11.8 Å². The Hall–Kier alpha value is -3.01. The Kier molecular flexibility index (Phi) is 3.45. The smallest absolute Gasteiger partial charge is 0.351 e. The molecule has 0 unspecified atom stereocenters. The second-order valence-electron chi connectivity index (χ2n) is 4.96. The summed E-state index contributed by atoms with van der Waals surface area (Å²) in [6.07, 6.45) is -1.26. The standard InChI is InChI=1S/C16H10F3N3O/c1-22-9-11(8-20-22)3-2-10-4-5-13-12(6-10)14(23)7-15(21-13)16(17,18)19/h4-9H,1H3,(H,21,23). The maximum absolute atomic E-state index is 12.7. The van der Waals surface area contributed by atoms with Gasteiger partial charge in [0.05, 0.1) is 11.8 Å². The molecule has 1 aromatic carbocycles. The third-order valence-electron chi connectivity index (χ3n) is 3.19. The van der Waals surface area contributed by atoms with E-state index in [4.69, 9.17) is 0 Å². The van der Waals surface area contributed by atoms with Crippen LogP contribution in [0.1, 0.15) is 16.8 Å². The van der Waals surface area contributed by atoms with E-state index in [1.165, 1.54) is 12.1 Å². The lowest BCUT2D eigenvalue weighted by Gasteiger charge is -2.07. The Bertz CT molecular complexity index is 1000. The molecule has 2 heterocycles. The van der Waals surface area contributed by atoms with Gasteiger partial charge in [-0.2, -0.15) is 18.3 Å². The van der Waals surface area contributed by atoms with Gasteiger partial charge in [-0.15, -0.1) is 0 Å². The Morgan fingerprint density at radius 2 is 1.91 bits per heavy atom. The number of hydrogen-bond acceptors (Lipinski definition) is 2. The van der Waals surface area contributed by atoms with Gasteiger partial charge in [-0.1, -0.05) is 11.8 Å². The van der Waals surface area contributed by atoms with Crippen molar-refractivity contribution in [1.82, 2.24) is 14.8 Å². The first-order chi connectivity index (χ1) is 10.8. The number of benzene rings is 1. The number of aromatic amines is 1. The number of H-pyrrole nitrogens is 1. The highest BCUT2D eigenvalue weighted by Gasteiger charge is 2.32. The maximum atomic E-state index is 12.7. The molecule has 0 saturated carbocycles. The number of nitrogens with one attached hydrogen (secondary N) is 1. The van der Waals surface area contributed by atoms with Gasteiger partial charge in [0, 0.05) is 35.8 Å². The normalized spacial score (nSPS) is 11.3. The molecule has 0 saturated heterocycles. The average molecular weight is 317 g/mol. The highest BCUT2D eigenvalue weighted by molar-refractivity contribution is 5.80. The molecule has 0 spiro atoms. The van der Waals surface area contributed by atoms with E-state index >= 15 is 0 Å². The van der Waals surface area contributed by atoms with Crippen LogP contribution in [0.4, 0.5) is 13.2 Å². The molecule has 3 rings (SSSR count). The van der Waals surface area contributed by atoms with E-state index in [9.17, 15) is 18.0 Å². The molecule has 4 nitrogen and oxygen atoms in total. The van der Waals surface area contributed by atoms with Gasteiger partial charge in [0.15, 0.2) is 5.43 Å². The summed E-state index contributed by atoms with van der Waals surface area (Å²) in [7, 11) is 1.76. The third-order valence-corrected chi connectivity index (χ3v) is 3.19. The van der Waals surface area contributed by atoms with Crippen molar-refractivity contribution in [3.8, 4) is 11.8 Å². The van der Waals surface area contributed by atoms with Crippen molar-refractivity contribution in [1.29, 1.82) is 0 Å². The number of hydrogen-bond donors (Lipinski definition) is 1. The van der Waals surface area contributed by atoms with Crippen LogP contribution < -0.4 is 5.43 Å². The van der Waals surface area contributed by atoms with Crippen LogP contribution in [-0.2, 0) is 13.2 Å². The Morgan fingerprint density at radius 3 is 2.57 bits per heavy atom. The quantitative estimate of drug-likeness (QED) is 0.648. The first-order valence-corrected chi connectivity index (χ1v) is 6.58. The minimum atomic E-state index is -4.59. The molecule has 0 bridgehead atoms. The second kappa shape index (κ2) is 5.32. The number of halogens is 3. The van der Waals surface area contributed by atoms with Crippen molar-refractivity contribution >= 4 is 10.9 Å². The molecular weight excluding hydrogens is 307 g/mol. The number of fused-ring (bicyclic) bond motifs is 1. The van der Waals surface area contributed by atoms with Crippen LogP contribution in [0.15, 0.2) is 41.5 Å². The largest absolute Gasteiger partial charge is 0.431 e. The van der Waals surface area contributed by atoms with Gasteiger partial charge in [0.1, 0.15) is 5.69 Å². The molecule has 23 heavy (non-hydrogen) atoms. The van der Waals surface area contributed by atoms with Crippen molar-refractivity contribution in [2.24, 2.45) is 7.05 Å². The van der Waals surface area contributed by atoms with Crippen molar-refractivity contribution in [2.45, 2.75) is 6.18 Å². The number of rotatable bonds is 0. The second-order valence-corrected chi connectivity index (χ2v) is 4.96. The van der Waals surface area contributed by atoms with E-state index in [1.54, 1.807) is 30.2 Å². The zero-order valence-electron chi connectivity index (χ0n) is 11.9. The molecular formula is C16H10F3N3O. The van der Waals surface area contributed by atoms with Gasteiger partial charge in [-0.25, -0.2) is 0 Å². The number of nitrogens with zero attached hydrogens (tertiary/aromatic N) is 2. The van der Waals surface area contributed by atoms with Crippen LogP contribution in [0.3, 0.4) is 0 Å². The average Bonchev–Trinajstić information content (AvgIpc) is 2.90. The fourth-order valence-corrected chi connectivity index (χ4v) is 2.11. The van der Waals surface area contributed by atoms with Gasteiger partial charge in [0.2, 0.25) is 0 Å². The summed E-state index contributed by atoms with van der Waals surface area (Å²) in [5, 5.41) is 4.14. The molecule has 2 aromatic heterocycles. The van der Waals surface area contributed by atoms with Gasteiger partial charge >= 0.3 is 6.18 Å². The van der Waals surface area contributed by atoms with Crippen LogP contribution in [0.2, 0.25) is 0 Å². The van der Waals surface area contributed by atoms with Crippen molar-refractivity contribution < 1.29 is 13.2 Å². The fourth-order valence-electron chi connectivity index (χ4n) is 2.11. The third kappa shape index (κ3) is 3.11. The van der Waals surface area contributed by atoms with Crippen molar-refractivity contribution in [3.05, 3.63) is 63.7 Å². The molecule has 0 atom stereocenters. The summed E-state index contributed by atoms with van der Waals surface area (Å²) < 4.78 is 39.7. The number of aryl methyl sites for hydroxylation is 1. The molecule has 0 aliphatic rings. The molecule has 3 aromatic rings. The minimum Gasteiger partial charge on any atom is -0.351 e. The molecule has 1 N–H and O–H groups in total. The maximum Gasteiger partial charge on any atom is 0.431 e. The molecule has 0 fully saturated rings. The number of pyridine rings is 1. The highest BCUT2D eigenvalue weighted by atomic mass is 19.4. The fraction of sp³-hybridized carbons (Fsp3) is 0.125. The van der Waals surface area contributed by atoms with Gasteiger partial charge in [0.25, 0.3) is 0 Å². The number of alkyl halides is 3. The van der Waals surface area contributed by atoms with Gasteiger partial charge in [-0.05, 0) is 18.2 Å². The first kappa shape index (κ1) is 14.9. The minimum absolute atomic E-state index is 0.122. The lowest BCUT2D eigenvalue weighted by atomic mass is 10.1. The highest BCUT2D eigenvalue weighted by Crippen LogP contribution is 2.27. The van der Waals surface area contributed by atoms with Crippen molar-refractivity contribution in [2.75, 3.05) is 0 Å². The summed E-state index contributed by atoms with van der Waals surface area (Å²) in [5.41, 5.74) is -0.405. The van der Waals surface area contributed by atoms with E-state index < -0.39 is 17.3 Å².